The van der Waals surface area contributed by atoms with Crippen LogP contribution >= 0.6 is 0 Å². The summed E-state index contributed by atoms with van der Waals surface area (Å²) in [6.07, 6.45) is 1.88. The fourth-order valence-corrected chi connectivity index (χ4v) is 3.75. The number of carbonyl (C=O) groups is 1. The molecular formula is C15H21FN2O4S. The number of rotatable bonds is 7. The normalized spacial score (nSPS) is 19.3. The summed E-state index contributed by atoms with van der Waals surface area (Å²) in [6.45, 7) is 2.62. The van der Waals surface area contributed by atoms with Crippen LogP contribution in [0.15, 0.2) is 24.3 Å². The monoisotopic (exact) mass is 344 g/mol. The van der Waals surface area contributed by atoms with Crippen molar-refractivity contribution >= 4 is 21.6 Å². The number of benzene rings is 1. The third-order valence-electron chi connectivity index (χ3n) is 3.54. The van der Waals surface area contributed by atoms with E-state index in [0.29, 0.717) is 13.2 Å². The summed E-state index contributed by atoms with van der Waals surface area (Å²) in [5, 5.41) is 2.70. The van der Waals surface area contributed by atoms with Gasteiger partial charge in [0.2, 0.25) is 15.9 Å². The van der Waals surface area contributed by atoms with Crippen LogP contribution in [0.1, 0.15) is 19.8 Å². The largest absolute Gasteiger partial charge is 0.376 e. The molecule has 2 unspecified atom stereocenters. The molecule has 0 bridgehead atoms. The van der Waals surface area contributed by atoms with E-state index in [0.717, 1.165) is 18.9 Å². The van der Waals surface area contributed by atoms with E-state index in [-0.39, 0.29) is 23.5 Å². The molecule has 1 amide bonds. The highest BCUT2D eigenvalue weighted by Crippen LogP contribution is 2.13. The second-order valence-electron chi connectivity index (χ2n) is 5.68. The van der Waals surface area contributed by atoms with Crippen molar-refractivity contribution in [3.8, 4) is 0 Å². The van der Waals surface area contributed by atoms with Gasteiger partial charge in [-0.1, -0.05) is 13.0 Å². The molecule has 0 aromatic heterocycles. The first kappa shape index (κ1) is 17.7. The Bertz CT molecular complexity index is 645. The van der Waals surface area contributed by atoms with Gasteiger partial charge in [-0.25, -0.2) is 12.8 Å². The molecule has 128 valence electrons. The van der Waals surface area contributed by atoms with E-state index in [1.54, 1.807) is 0 Å². The van der Waals surface area contributed by atoms with Crippen LogP contribution in [-0.4, -0.2) is 39.3 Å². The molecule has 2 rings (SSSR count). The van der Waals surface area contributed by atoms with Crippen molar-refractivity contribution in [2.45, 2.75) is 25.9 Å². The Morgan fingerprint density at radius 3 is 2.91 bits per heavy atom. The van der Waals surface area contributed by atoms with Crippen LogP contribution in [0.5, 0.6) is 0 Å². The second kappa shape index (κ2) is 7.74. The van der Waals surface area contributed by atoms with Crippen LogP contribution < -0.4 is 10.0 Å². The fraction of sp³-hybridized carbons (Fsp3) is 0.533. The predicted molar refractivity (Wildman–Crippen MR) is 85.0 cm³/mol. The Labute approximate surface area is 135 Å². The van der Waals surface area contributed by atoms with Crippen LogP contribution in [0.25, 0.3) is 0 Å². The first-order valence-electron chi connectivity index (χ1n) is 7.51. The number of sulfonamides is 1. The number of ether oxygens (including phenoxy) is 1. The fourth-order valence-electron chi connectivity index (χ4n) is 2.37. The van der Waals surface area contributed by atoms with E-state index in [9.17, 15) is 17.6 Å². The van der Waals surface area contributed by atoms with Gasteiger partial charge in [0.15, 0.2) is 0 Å². The number of hydrogen-bond acceptors (Lipinski definition) is 4. The average molecular weight is 344 g/mol. The van der Waals surface area contributed by atoms with E-state index >= 15 is 0 Å². The first-order valence-corrected chi connectivity index (χ1v) is 9.16. The highest BCUT2D eigenvalue weighted by atomic mass is 32.2. The minimum atomic E-state index is -3.74. The zero-order valence-corrected chi connectivity index (χ0v) is 13.7. The molecule has 2 N–H and O–H groups in total. The quantitative estimate of drug-likeness (QED) is 0.785. The minimum absolute atomic E-state index is 0.00757. The molecule has 2 atom stereocenters. The summed E-state index contributed by atoms with van der Waals surface area (Å²) in [7, 11) is -3.74. The highest BCUT2D eigenvalue weighted by Gasteiger charge is 2.23. The van der Waals surface area contributed by atoms with Gasteiger partial charge in [-0.05, 0) is 31.0 Å². The van der Waals surface area contributed by atoms with Gasteiger partial charge in [0, 0.05) is 13.2 Å². The van der Waals surface area contributed by atoms with E-state index in [1.165, 1.54) is 25.1 Å². The molecule has 23 heavy (non-hydrogen) atoms. The Morgan fingerprint density at radius 2 is 2.26 bits per heavy atom. The van der Waals surface area contributed by atoms with Crippen LogP contribution in [0.2, 0.25) is 0 Å². The Hall–Kier alpha value is -1.67. The number of anilines is 1. The molecule has 0 spiro atoms. The molecule has 1 aromatic carbocycles. The number of halogens is 1. The average Bonchev–Trinajstić information content (AvgIpc) is 2.96. The predicted octanol–water partition coefficient (Wildman–Crippen LogP) is 1.50. The van der Waals surface area contributed by atoms with Gasteiger partial charge in [-0.15, -0.1) is 0 Å². The van der Waals surface area contributed by atoms with Gasteiger partial charge >= 0.3 is 0 Å². The van der Waals surface area contributed by atoms with E-state index in [4.69, 9.17) is 4.74 Å². The topological polar surface area (TPSA) is 84.5 Å². The molecule has 0 aliphatic carbocycles. The van der Waals surface area contributed by atoms with Gasteiger partial charge < -0.3 is 10.1 Å². The lowest BCUT2D eigenvalue weighted by Crippen LogP contribution is -2.38. The number of carbonyl (C=O) groups excluding carboxylic acids is 1. The van der Waals surface area contributed by atoms with Gasteiger partial charge in [0.1, 0.15) is 5.82 Å². The Balaban J connectivity index is 1.84. The maximum atomic E-state index is 13.1. The third-order valence-corrected chi connectivity index (χ3v) is 5.03. The SMILES string of the molecule is CC(CS(=O)(=O)Nc1cccc(F)c1)C(=O)NCC1CCCO1. The smallest absolute Gasteiger partial charge is 0.233 e. The molecule has 1 heterocycles. The molecule has 1 saturated heterocycles. The zero-order chi connectivity index (χ0) is 16.9. The molecule has 0 radical (unpaired) electrons. The second-order valence-corrected chi connectivity index (χ2v) is 7.44. The summed E-state index contributed by atoms with van der Waals surface area (Å²) in [6, 6.07) is 5.16. The maximum absolute atomic E-state index is 13.1. The van der Waals surface area contributed by atoms with Crippen molar-refractivity contribution in [2.24, 2.45) is 5.92 Å². The van der Waals surface area contributed by atoms with Crippen LogP contribution in [0.4, 0.5) is 10.1 Å². The van der Waals surface area contributed by atoms with Gasteiger partial charge in [0.25, 0.3) is 0 Å². The summed E-state index contributed by atoms with van der Waals surface area (Å²) in [5.41, 5.74) is 0.136. The van der Waals surface area contributed by atoms with Crippen molar-refractivity contribution < 1.29 is 22.3 Å². The van der Waals surface area contributed by atoms with Crippen molar-refractivity contribution in [3.05, 3.63) is 30.1 Å². The lowest BCUT2D eigenvalue weighted by molar-refractivity contribution is -0.124. The summed E-state index contributed by atoms with van der Waals surface area (Å²) < 4.78 is 44.8. The van der Waals surface area contributed by atoms with Crippen molar-refractivity contribution in [3.63, 3.8) is 0 Å². The molecule has 1 aliphatic rings. The lowest BCUT2D eigenvalue weighted by atomic mass is 10.2. The third kappa shape index (κ3) is 5.80. The Morgan fingerprint density at radius 1 is 1.48 bits per heavy atom. The molecule has 6 nitrogen and oxygen atoms in total. The minimum Gasteiger partial charge on any atom is -0.376 e. The van der Waals surface area contributed by atoms with Crippen LogP contribution in [-0.2, 0) is 19.6 Å². The molecule has 0 saturated carbocycles. The molecular weight excluding hydrogens is 323 g/mol. The number of nitrogens with one attached hydrogen (secondary N) is 2. The van der Waals surface area contributed by atoms with Crippen molar-refractivity contribution in [1.82, 2.24) is 5.32 Å². The molecule has 1 fully saturated rings. The van der Waals surface area contributed by atoms with Gasteiger partial charge in [-0.3, -0.25) is 9.52 Å². The zero-order valence-electron chi connectivity index (χ0n) is 12.9. The van der Waals surface area contributed by atoms with Gasteiger partial charge in [0.05, 0.1) is 23.5 Å². The number of amides is 1. The number of hydrogen-bond donors (Lipinski definition) is 2. The van der Waals surface area contributed by atoms with Crippen LogP contribution in [0, 0.1) is 11.7 Å². The van der Waals surface area contributed by atoms with Crippen molar-refractivity contribution in [2.75, 3.05) is 23.6 Å². The molecule has 1 aliphatic heterocycles. The summed E-state index contributed by atoms with van der Waals surface area (Å²) >= 11 is 0. The lowest BCUT2D eigenvalue weighted by Gasteiger charge is -2.15. The standard InChI is InChI=1S/C15H21FN2O4S/c1-11(15(19)17-9-14-6-3-7-22-14)10-23(20,21)18-13-5-2-4-12(16)8-13/h2,4-5,8,11,14,18H,3,6-7,9-10H2,1H3,(H,17,19). The molecule has 8 heteroatoms. The summed E-state index contributed by atoms with van der Waals surface area (Å²) in [5.74, 6) is -1.97. The van der Waals surface area contributed by atoms with Crippen LogP contribution in [0.3, 0.4) is 0 Å². The first-order chi connectivity index (χ1) is 10.9. The van der Waals surface area contributed by atoms with E-state index in [2.05, 4.69) is 10.0 Å². The highest BCUT2D eigenvalue weighted by molar-refractivity contribution is 7.92. The van der Waals surface area contributed by atoms with E-state index < -0.39 is 21.8 Å². The molecule has 1 aromatic rings. The van der Waals surface area contributed by atoms with Crippen molar-refractivity contribution in [1.29, 1.82) is 0 Å². The Kier molecular flexibility index (Phi) is 5.95. The maximum Gasteiger partial charge on any atom is 0.233 e. The van der Waals surface area contributed by atoms with E-state index in [1.807, 2.05) is 0 Å². The van der Waals surface area contributed by atoms with Gasteiger partial charge in [-0.2, -0.15) is 0 Å². The summed E-state index contributed by atoms with van der Waals surface area (Å²) in [4.78, 5) is 12.0.